The second-order valence-electron chi connectivity index (χ2n) is 5.22. The summed E-state index contributed by atoms with van der Waals surface area (Å²) in [5.74, 6) is -0.227. The molecule has 21 heavy (non-hydrogen) atoms. The highest BCUT2D eigenvalue weighted by Crippen LogP contribution is 2.27. The molecule has 3 rings (SSSR count). The SMILES string of the molecule is OC(COc1ccccc1F)CN1CCc2ccccc21. The molecule has 0 bridgehead atoms. The molecule has 0 saturated carbocycles. The van der Waals surface area contributed by atoms with Crippen molar-refractivity contribution < 1.29 is 14.2 Å². The maximum atomic E-state index is 13.4. The second kappa shape index (κ2) is 6.14. The van der Waals surface area contributed by atoms with E-state index in [1.807, 2.05) is 12.1 Å². The lowest BCUT2D eigenvalue weighted by molar-refractivity contribution is 0.110. The summed E-state index contributed by atoms with van der Waals surface area (Å²) in [7, 11) is 0. The Morgan fingerprint density at radius 2 is 1.90 bits per heavy atom. The van der Waals surface area contributed by atoms with Crippen molar-refractivity contribution in [1.82, 2.24) is 0 Å². The fourth-order valence-corrected chi connectivity index (χ4v) is 2.65. The van der Waals surface area contributed by atoms with Gasteiger partial charge >= 0.3 is 0 Å². The number of hydrogen-bond donors (Lipinski definition) is 1. The summed E-state index contributed by atoms with van der Waals surface area (Å²) in [5.41, 5.74) is 2.47. The van der Waals surface area contributed by atoms with Gasteiger partial charge in [0.15, 0.2) is 11.6 Å². The Bertz CT molecular complexity index is 617. The number of para-hydroxylation sites is 2. The summed E-state index contributed by atoms with van der Waals surface area (Å²) in [5, 5.41) is 10.1. The van der Waals surface area contributed by atoms with Gasteiger partial charge in [0.1, 0.15) is 12.7 Å². The van der Waals surface area contributed by atoms with E-state index in [2.05, 4.69) is 17.0 Å². The molecule has 1 aliphatic rings. The zero-order valence-electron chi connectivity index (χ0n) is 11.7. The van der Waals surface area contributed by atoms with Gasteiger partial charge in [0.2, 0.25) is 0 Å². The zero-order valence-corrected chi connectivity index (χ0v) is 11.7. The van der Waals surface area contributed by atoms with Crippen molar-refractivity contribution in [3.63, 3.8) is 0 Å². The first kappa shape index (κ1) is 13.9. The van der Waals surface area contributed by atoms with Crippen molar-refractivity contribution in [2.24, 2.45) is 0 Å². The lowest BCUT2D eigenvalue weighted by atomic mass is 10.2. The first-order valence-corrected chi connectivity index (χ1v) is 7.12. The van der Waals surface area contributed by atoms with Crippen LogP contribution in [0.1, 0.15) is 5.56 Å². The maximum Gasteiger partial charge on any atom is 0.165 e. The van der Waals surface area contributed by atoms with Crippen LogP contribution in [0.15, 0.2) is 48.5 Å². The summed E-state index contributed by atoms with van der Waals surface area (Å²) in [6.45, 7) is 1.47. The van der Waals surface area contributed by atoms with E-state index in [1.165, 1.54) is 17.3 Å². The van der Waals surface area contributed by atoms with Crippen LogP contribution in [0.3, 0.4) is 0 Å². The standard InChI is InChI=1S/C17H18FNO2/c18-15-6-2-4-8-17(15)21-12-14(20)11-19-10-9-13-5-1-3-7-16(13)19/h1-8,14,20H,9-12H2. The number of anilines is 1. The molecule has 1 heterocycles. The van der Waals surface area contributed by atoms with E-state index in [0.717, 1.165) is 13.0 Å². The van der Waals surface area contributed by atoms with E-state index in [0.29, 0.717) is 6.54 Å². The largest absolute Gasteiger partial charge is 0.488 e. The highest BCUT2D eigenvalue weighted by Gasteiger charge is 2.21. The monoisotopic (exact) mass is 287 g/mol. The fraction of sp³-hybridized carbons (Fsp3) is 0.294. The average molecular weight is 287 g/mol. The number of benzene rings is 2. The van der Waals surface area contributed by atoms with Crippen molar-refractivity contribution in [2.45, 2.75) is 12.5 Å². The number of β-amino-alcohol motifs (C(OH)–C–C–N with tert-alkyl or cyclic N) is 1. The Morgan fingerprint density at radius 1 is 1.14 bits per heavy atom. The van der Waals surface area contributed by atoms with Gasteiger partial charge in [0, 0.05) is 18.8 Å². The van der Waals surface area contributed by atoms with Crippen LogP contribution in [0.2, 0.25) is 0 Å². The van der Waals surface area contributed by atoms with Crippen LogP contribution in [0, 0.1) is 5.82 Å². The van der Waals surface area contributed by atoms with Gasteiger partial charge in [-0.3, -0.25) is 0 Å². The molecule has 0 spiro atoms. The van der Waals surface area contributed by atoms with Crippen LogP contribution >= 0.6 is 0 Å². The van der Waals surface area contributed by atoms with Crippen molar-refractivity contribution >= 4 is 5.69 Å². The number of fused-ring (bicyclic) bond motifs is 1. The van der Waals surface area contributed by atoms with Gasteiger partial charge < -0.3 is 14.7 Å². The molecule has 3 nitrogen and oxygen atoms in total. The maximum absolute atomic E-state index is 13.4. The highest BCUT2D eigenvalue weighted by molar-refractivity contribution is 5.57. The van der Waals surface area contributed by atoms with E-state index in [9.17, 15) is 9.50 Å². The molecule has 1 atom stereocenters. The molecule has 1 aliphatic heterocycles. The number of nitrogens with zero attached hydrogens (tertiary/aromatic N) is 1. The molecule has 4 heteroatoms. The Kier molecular flexibility index (Phi) is 4.06. The van der Waals surface area contributed by atoms with Crippen LogP contribution in [-0.2, 0) is 6.42 Å². The van der Waals surface area contributed by atoms with Crippen LogP contribution in [0.5, 0.6) is 5.75 Å². The second-order valence-corrected chi connectivity index (χ2v) is 5.22. The molecule has 1 N–H and O–H groups in total. The Labute approximate surface area is 123 Å². The number of rotatable bonds is 5. The van der Waals surface area contributed by atoms with E-state index >= 15 is 0 Å². The van der Waals surface area contributed by atoms with Gasteiger partial charge in [-0.2, -0.15) is 0 Å². The molecular formula is C17H18FNO2. The molecule has 0 saturated heterocycles. The summed E-state index contributed by atoms with van der Waals surface area (Å²) in [6.07, 6.45) is 0.340. The first-order valence-electron chi connectivity index (χ1n) is 7.12. The molecular weight excluding hydrogens is 269 g/mol. The third-order valence-electron chi connectivity index (χ3n) is 3.68. The topological polar surface area (TPSA) is 32.7 Å². The quantitative estimate of drug-likeness (QED) is 0.917. The highest BCUT2D eigenvalue weighted by atomic mass is 19.1. The molecule has 1 unspecified atom stereocenters. The molecule has 0 aromatic heterocycles. The fourth-order valence-electron chi connectivity index (χ4n) is 2.65. The Hall–Kier alpha value is -2.07. The molecule has 0 aliphatic carbocycles. The Balaban J connectivity index is 1.56. The van der Waals surface area contributed by atoms with Crippen molar-refractivity contribution in [1.29, 1.82) is 0 Å². The molecule has 0 amide bonds. The van der Waals surface area contributed by atoms with Crippen LogP contribution in [0.25, 0.3) is 0 Å². The van der Waals surface area contributed by atoms with Crippen LogP contribution in [0.4, 0.5) is 10.1 Å². The number of aliphatic hydroxyl groups excluding tert-OH is 1. The van der Waals surface area contributed by atoms with Gasteiger partial charge in [0.05, 0.1) is 0 Å². The Morgan fingerprint density at radius 3 is 2.76 bits per heavy atom. The summed E-state index contributed by atoms with van der Waals surface area (Å²) >= 11 is 0. The smallest absolute Gasteiger partial charge is 0.165 e. The number of halogens is 1. The van der Waals surface area contributed by atoms with Gasteiger partial charge in [-0.15, -0.1) is 0 Å². The minimum atomic E-state index is -0.657. The van der Waals surface area contributed by atoms with Crippen molar-refractivity contribution in [3.8, 4) is 5.75 Å². The lowest BCUT2D eigenvalue weighted by Crippen LogP contribution is -2.34. The van der Waals surface area contributed by atoms with Crippen LogP contribution in [-0.4, -0.2) is 30.9 Å². The summed E-state index contributed by atoms with van der Waals surface area (Å²) < 4.78 is 18.8. The van der Waals surface area contributed by atoms with Gasteiger partial charge in [-0.05, 0) is 30.2 Å². The number of ether oxygens (including phenoxy) is 1. The summed E-state index contributed by atoms with van der Waals surface area (Å²) in [4.78, 5) is 2.14. The van der Waals surface area contributed by atoms with E-state index < -0.39 is 11.9 Å². The van der Waals surface area contributed by atoms with E-state index in [1.54, 1.807) is 18.2 Å². The predicted molar refractivity (Wildman–Crippen MR) is 80.3 cm³/mol. The zero-order chi connectivity index (χ0) is 14.7. The minimum absolute atomic E-state index is 0.0829. The summed E-state index contributed by atoms with van der Waals surface area (Å²) in [6, 6.07) is 14.4. The molecule has 0 fully saturated rings. The molecule has 2 aromatic carbocycles. The number of hydrogen-bond acceptors (Lipinski definition) is 3. The molecule has 2 aromatic rings. The average Bonchev–Trinajstić information content (AvgIpc) is 2.90. The van der Waals surface area contributed by atoms with Gasteiger partial charge in [-0.1, -0.05) is 30.3 Å². The van der Waals surface area contributed by atoms with Crippen LogP contribution < -0.4 is 9.64 Å². The lowest BCUT2D eigenvalue weighted by Gasteiger charge is -2.23. The van der Waals surface area contributed by atoms with Crippen molar-refractivity contribution in [3.05, 3.63) is 59.9 Å². The normalized spacial score (nSPS) is 14.9. The first-order chi connectivity index (χ1) is 10.2. The number of aliphatic hydroxyl groups is 1. The van der Waals surface area contributed by atoms with Crippen molar-refractivity contribution in [2.75, 3.05) is 24.6 Å². The predicted octanol–water partition coefficient (Wildman–Crippen LogP) is 2.63. The molecule has 0 radical (unpaired) electrons. The van der Waals surface area contributed by atoms with E-state index in [-0.39, 0.29) is 12.4 Å². The third-order valence-corrected chi connectivity index (χ3v) is 3.68. The van der Waals surface area contributed by atoms with E-state index in [4.69, 9.17) is 4.74 Å². The third kappa shape index (κ3) is 3.16. The minimum Gasteiger partial charge on any atom is -0.488 e. The molecule has 110 valence electrons. The van der Waals surface area contributed by atoms with Gasteiger partial charge in [-0.25, -0.2) is 4.39 Å². The van der Waals surface area contributed by atoms with Gasteiger partial charge in [0.25, 0.3) is 0 Å².